The van der Waals surface area contributed by atoms with Crippen molar-refractivity contribution in [2.75, 3.05) is 13.7 Å². The molecule has 0 saturated carbocycles. The first kappa shape index (κ1) is 16.6. The third kappa shape index (κ3) is 3.33. The molecular weight excluding hydrogens is 312 g/mol. The number of piperidine rings is 1. The standard InChI is InChI=1S/C16H22N4O4/c1-10-12(11(2)23-18-10)8-15(21)20-7-5-4-6-13(20)16-17-14(9-22-3)19-24-16/h13H,4-9H2,1-3H3/t13-/m0/s1. The van der Waals surface area contributed by atoms with Crippen LogP contribution in [-0.2, 0) is 22.6 Å². The molecule has 0 radical (unpaired) electrons. The van der Waals surface area contributed by atoms with Crippen LogP contribution < -0.4 is 0 Å². The average Bonchev–Trinajstić information content (AvgIpc) is 3.17. The number of amides is 1. The molecule has 1 amide bonds. The first-order chi connectivity index (χ1) is 11.6. The quantitative estimate of drug-likeness (QED) is 0.826. The van der Waals surface area contributed by atoms with E-state index in [1.165, 1.54) is 0 Å². The summed E-state index contributed by atoms with van der Waals surface area (Å²) in [6.07, 6.45) is 3.10. The van der Waals surface area contributed by atoms with E-state index in [2.05, 4.69) is 15.3 Å². The minimum Gasteiger partial charge on any atom is -0.377 e. The normalized spacial score (nSPS) is 18.1. The molecule has 3 heterocycles. The molecule has 24 heavy (non-hydrogen) atoms. The highest BCUT2D eigenvalue weighted by Crippen LogP contribution is 2.31. The molecule has 1 aliphatic heterocycles. The lowest BCUT2D eigenvalue weighted by Gasteiger charge is -2.33. The Hall–Kier alpha value is -2.22. The van der Waals surface area contributed by atoms with Crippen molar-refractivity contribution < 1.29 is 18.6 Å². The van der Waals surface area contributed by atoms with Gasteiger partial charge in [-0.3, -0.25) is 4.79 Å². The topological polar surface area (TPSA) is 94.5 Å². The molecule has 0 unspecified atom stereocenters. The van der Waals surface area contributed by atoms with E-state index in [1.54, 1.807) is 7.11 Å². The Labute approximate surface area is 140 Å². The summed E-state index contributed by atoms with van der Waals surface area (Å²) in [5, 5.41) is 7.82. The SMILES string of the molecule is COCc1noc([C@@H]2CCCCN2C(=O)Cc2c(C)noc2C)n1. The molecule has 1 atom stereocenters. The van der Waals surface area contributed by atoms with E-state index in [0.717, 1.165) is 30.5 Å². The number of rotatable bonds is 5. The highest BCUT2D eigenvalue weighted by atomic mass is 16.5. The summed E-state index contributed by atoms with van der Waals surface area (Å²) < 4.78 is 15.5. The average molecular weight is 334 g/mol. The predicted octanol–water partition coefficient (Wildman–Crippen LogP) is 2.12. The van der Waals surface area contributed by atoms with Crippen LogP contribution in [0.4, 0.5) is 0 Å². The van der Waals surface area contributed by atoms with E-state index >= 15 is 0 Å². The maximum Gasteiger partial charge on any atom is 0.249 e. The van der Waals surface area contributed by atoms with Crippen molar-refractivity contribution in [1.29, 1.82) is 0 Å². The molecule has 3 rings (SSSR count). The lowest BCUT2D eigenvalue weighted by molar-refractivity contribution is -0.135. The fraction of sp³-hybridized carbons (Fsp3) is 0.625. The van der Waals surface area contributed by atoms with Gasteiger partial charge in [0.05, 0.1) is 12.1 Å². The van der Waals surface area contributed by atoms with Gasteiger partial charge in [-0.1, -0.05) is 10.3 Å². The maximum absolute atomic E-state index is 12.8. The van der Waals surface area contributed by atoms with E-state index < -0.39 is 0 Å². The largest absolute Gasteiger partial charge is 0.377 e. The summed E-state index contributed by atoms with van der Waals surface area (Å²) in [6, 6.07) is -0.176. The van der Waals surface area contributed by atoms with Crippen LogP contribution in [0.3, 0.4) is 0 Å². The molecule has 2 aromatic heterocycles. The van der Waals surface area contributed by atoms with Crippen molar-refractivity contribution in [3.8, 4) is 0 Å². The van der Waals surface area contributed by atoms with Crippen molar-refractivity contribution in [1.82, 2.24) is 20.2 Å². The molecule has 0 N–H and O–H groups in total. The fourth-order valence-corrected chi connectivity index (χ4v) is 3.08. The summed E-state index contributed by atoms with van der Waals surface area (Å²) in [4.78, 5) is 19.0. The van der Waals surface area contributed by atoms with Gasteiger partial charge >= 0.3 is 0 Å². The molecule has 1 saturated heterocycles. The highest BCUT2D eigenvalue weighted by molar-refractivity contribution is 5.79. The molecule has 1 fully saturated rings. The fourth-order valence-electron chi connectivity index (χ4n) is 3.08. The molecule has 8 heteroatoms. The summed E-state index contributed by atoms with van der Waals surface area (Å²) in [7, 11) is 1.58. The molecule has 130 valence electrons. The van der Waals surface area contributed by atoms with Gasteiger partial charge in [0.15, 0.2) is 5.82 Å². The second kappa shape index (κ2) is 7.12. The third-order valence-corrected chi connectivity index (χ3v) is 4.37. The van der Waals surface area contributed by atoms with E-state index in [1.807, 2.05) is 18.7 Å². The first-order valence-corrected chi connectivity index (χ1v) is 8.12. The van der Waals surface area contributed by atoms with Crippen molar-refractivity contribution in [2.24, 2.45) is 0 Å². The Balaban J connectivity index is 1.77. The van der Waals surface area contributed by atoms with Crippen LogP contribution in [0.15, 0.2) is 9.05 Å². The molecule has 0 bridgehead atoms. The third-order valence-electron chi connectivity index (χ3n) is 4.37. The maximum atomic E-state index is 12.8. The minimum absolute atomic E-state index is 0.0283. The van der Waals surface area contributed by atoms with Gasteiger partial charge in [0.2, 0.25) is 11.8 Å². The number of hydrogen-bond donors (Lipinski definition) is 0. The number of likely N-dealkylation sites (tertiary alicyclic amines) is 1. The lowest BCUT2D eigenvalue weighted by atomic mass is 10.0. The second-order valence-corrected chi connectivity index (χ2v) is 6.06. The second-order valence-electron chi connectivity index (χ2n) is 6.06. The number of hydrogen-bond acceptors (Lipinski definition) is 7. The van der Waals surface area contributed by atoms with Gasteiger partial charge in [-0.15, -0.1) is 0 Å². The number of aromatic nitrogens is 3. The van der Waals surface area contributed by atoms with Crippen LogP contribution in [-0.4, -0.2) is 39.8 Å². The van der Waals surface area contributed by atoms with E-state index in [9.17, 15) is 4.79 Å². The van der Waals surface area contributed by atoms with Crippen molar-refractivity contribution >= 4 is 5.91 Å². The Morgan fingerprint density at radius 2 is 2.12 bits per heavy atom. The monoisotopic (exact) mass is 334 g/mol. The van der Waals surface area contributed by atoms with Gasteiger partial charge in [-0.25, -0.2) is 0 Å². The molecule has 1 aliphatic rings. The molecule has 8 nitrogen and oxygen atoms in total. The number of carbonyl (C=O) groups excluding carboxylic acids is 1. The summed E-state index contributed by atoms with van der Waals surface area (Å²) in [5.41, 5.74) is 1.62. The minimum atomic E-state index is -0.176. The Bertz CT molecular complexity index is 689. The van der Waals surface area contributed by atoms with Gasteiger partial charge in [-0.05, 0) is 33.1 Å². The smallest absolute Gasteiger partial charge is 0.249 e. The van der Waals surface area contributed by atoms with Crippen LogP contribution in [0.2, 0.25) is 0 Å². The number of carbonyl (C=O) groups is 1. The van der Waals surface area contributed by atoms with Gasteiger partial charge in [-0.2, -0.15) is 4.98 Å². The summed E-state index contributed by atoms with van der Waals surface area (Å²) >= 11 is 0. The zero-order chi connectivity index (χ0) is 17.1. The van der Waals surface area contributed by atoms with Crippen molar-refractivity contribution in [3.63, 3.8) is 0 Å². The lowest BCUT2D eigenvalue weighted by Crippen LogP contribution is -2.39. The molecule has 2 aromatic rings. The zero-order valence-electron chi connectivity index (χ0n) is 14.2. The summed E-state index contributed by atoms with van der Waals surface area (Å²) in [5.74, 6) is 1.69. The van der Waals surface area contributed by atoms with E-state index in [0.29, 0.717) is 30.6 Å². The molecular formula is C16H22N4O4. The highest BCUT2D eigenvalue weighted by Gasteiger charge is 2.32. The molecule has 0 aliphatic carbocycles. The van der Waals surface area contributed by atoms with Crippen LogP contribution in [0.25, 0.3) is 0 Å². The summed E-state index contributed by atoms with van der Waals surface area (Å²) in [6.45, 7) is 4.66. The number of ether oxygens (including phenoxy) is 1. The Morgan fingerprint density at radius 1 is 1.29 bits per heavy atom. The zero-order valence-corrected chi connectivity index (χ0v) is 14.2. The first-order valence-electron chi connectivity index (χ1n) is 8.12. The molecule has 0 aromatic carbocycles. The van der Waals surface area contributed by atoms with Crippen molar-refractivity contribution in [2.45, 2.75) is 52.2 Å². The number of methoxy groups -OCH3 is 1. The van der Waals surface area contributed by atoms with Crippen molar-refractivity contribution in [3.05, 3.63) is 28.7 Å². The van der Waals surface area contributed by atoms with E-state index in [-0.39, 0.29) is 18.4 Å². The van der Waals surface area contributed by atoms with Crippen LogP contribution in [0.5, 0.6) is 0 Å². The van der Waals surface area contributed by atoms with Crippen LogP contribution in [0.1, 0.15) is 54.0 Å². The Morgan fingerprint density at radius 3 is 2.83 bits per heavy atom. The van der Waals surface area contributed by atoms with Gasteiger partial charge in [0, 0.05) is 19.2 Å². The van der Waals surface area contributed by atoms with E-state index in [4.69, 9.17) is 13.8 Å². The molecule has 0 spiro atoms. The van der Waals surface area contributed by atoms with Crippen LogP contribution in [0, 0.1) is 13.8 Å². The number of aryl methyl sites for hydroxylation is 2. The van der Waals surface area contributed by atoms with Crippen LogP contribution >= 0.6 is 0 Å². The van der Waals surface area contributed by atoms with Gasteiger partial charge in [0.25, 0.3) is 0 Å². The Kier molecular flexibility index (Phi) is 4.94. The number of nitrogens with zero attached hydrogens (tertiary/aromatic N) is 4. The predicted molar refractivity (Wildman–Crippen MR) is 83.0 cm³/mol. The van der Waals surface area contributed by atoms with Gasteiger partial charge < -0.3 is 18.7 Å². The van der Waals surface area contributed by atoms with Gasteiger partial charge in [0.1, 0.15) is 18.4 Å².